The molecule has 0 aromatic carbocycles. The van der Waals surface area contributed by atoms with E-state index in [0.717, 1.165) is 19.8 Å². The third-order valence-corrected chi connectivity index (χ3v) is 3.12. The fraction of sp³-hybridized carbons (Fsp3) is 0.600. The zero-order chi connectivity index (χ0) is 6.73. The third kappa shape index (κ3) is 19.8. The molecule has 0 aliphatic heterocycles. The molecule has 0 N–H and O–H groups in total. The minimum Gasteiger partial charge on any atom is -0.147 e. The van der Waals surface area contributed by atoms with Crippen molar-refractivity contribution in [1.29, 1.82) is 0 Å². The van der Waals surface area contributed by atoms with Crippen LogP contribution in [-0.2, 0) is 29.4 Å². The van der Waals surface area contributed by atoms with Crippen molar-refractivity contribution in [2.24, 2.45) is 0 Å². The van der Waals surface area contributed by atoms with Crippen molar-refractivity contribution >= 4 is 73.6 Å². The molecule has 0 bridgehead atoms. The fourth-order valence-electron chi connectivity index (χ4n) is 0.286. The predicted octanol–water partition coefficient (Wildman–Crippen LogP) is 2.61. The molecule has 85 valence electrons. The van der Waals surface area contributed by atoms with E-state index in [1.165, 1.54) is 13.8 Å². The van der Waals surface area contributed by atoms with Gasteiger partial charge in [-0.2, -0.15) is 0 Å². The van der Waals surface area contributed by atoms with Gasteiger partial charge in [0.25, 0.3) is 0 Å². The number of hydrogen-bond acceptors (Lipinski definition) is 2. The minimum absolute atomic E-state index is 0. The Kier molecular flexibility index (Phi) is 53.8. The van der Waals surface area contributed by atoms with Crippen molar-refractivity contribution in [2.45, 2.75) is 18.2 Å². The zero-order valence-corrected chi connectivity index (χ0v) is 13.9. The van der Waals surface area contributed by atoms with Gasteiger partial charge in [-0.3, -0.25) is 0 Å². The Bertz CT molecular complexity index is 118. The van der Waals surface area contributed by atoms with Crippen LogP contribution in [0.25, 0.3) is 0 Å². The van der Waals surface area contributed by atoms with E-state index >= 15 is 0 Å². The van der Waals surface area contributed by atoms with E-state index in [2.05, 4.69) is 0 Å². The van der Waals surface area contributed by atoms with E-state index in [0.29, 0.717) is 0 Å². The van der Waals surface area contributed by atoms with E-state index in [9.17, 15) is 9.59 Å². The zero-order valence-electron chi connectivity index (χ0n) is 6.84. The van der Waals surface area contributed by atoms with Crippen LogP contribution in [0.5, 0.6) is 0 Å². The summed E-state index contributed by atoms with van der Waals surface area (Å²) in [5, 5.41) is 0. The van der Waals surface area contributed by atoms with E-state index in [1.807, 2.05) is 0 Å². The first-order valence-electron chi connectivity index (χ1n) is 2.22. The van der Waals surface area contributed by atoms with Crippen molar-refractivity contribution in [1.82, 2.24) is 0 Å². The van der Waals surface area contributed by atoms with Gasteiger partial charge in [-0.15, -0.1) is 62.0 Å². The molecule has 0 aliphatic rings. The van der Waals surface area contributed by atoms with Crippen LogP contribution in [0.3, 0.4) is 0 Å². The molecule has 0 saturated heterocycles. The van der Waals surface area contributed by atoms with Crippen LogP contribution in [0.1, 0.15) is 13.8 Å². The van der Waals surface area contributed by atoms with E-state index < -0.39 is 0 Å². The molecule has 2 nitrogen and oxygen atoms in total. The second-order valence-electron chi connectivity index (χ2n) is 1.60. The molecule has 0 spiro atoms. The molecule has 0 radical (unpaired) electrons. The Morgan fingerprint density at radius 2 is 1.00 bits per heavy atom. The molecule has 13 heavy (non-hydrogen) atoms. The number of hydrogen-bond donors (Lipinski definition) is 0. The molecule has 0 unspecified atom stereocenters. The summed E-state index contributed by atoms with van der Waals surface area (Å²) < 4.78 is -0.324. The van der Waals surface area contributed by atoms with E-state index in [4.69, 9.17) is 0 Å². The van der Waals surface area contributed by atoms with Gasteiger partial charge in [-0.1, -0.05) is 0 Å². The summed E-state index contributed by atoms with van der Waals surface area (Å²) in [6.07, 6.45) is 0. The Labute approximate surface area is 120 Å². The third-order valence-electron chi connectivity index (χ3n) is 0.738. The number of carbonyl (C=O) groups excluding carboxylic acids is 2. The van der Waals surface area contributed by atoms with Crippen LogP contribution in [0.15, 0.2) is 0 Å². The maximum atomic E-state index is 10.4. The van der Waals surface area contributed by atoms with Crippen LogP contribution in [0.2, 0.25) is 4.31 Å². The van der Waals surface area contributed by atoms with Gasteiger partial charge in [-0.25, -0.2) is 0 Å². The maximum Gasteiger partial charge on any atom is -0.147 e. The molecular formula is C5H12Cl5O2W. The van der Waals surface area contributed by atoms with Gasteiger partial charge in [0.15, 0.2) is 0 Å². The van der Waals surface area contributed by atoms with Gasteiger partial charge in [0.05, 0.1) is 0 Å². The number of carbonyl (C=O) groups is 2. The summed E-state index contributed by atoms with van der Waals surface area (Å²) in [6.45, 7) is 2.89. The second-order valence-corrected chi connectivity index (χ2v) is 3.29. The average molecular weight is 465 g/mol. The Hall–Kier alpha value is 1.48. The quantitative estimate of drug-likeness (QED) is 0.588. The summed E-state index contributed by atoms with van der Waals surface area (Å²) >= 11 is 1.04. The topological polar surface area (TPSA) is 34.1 Å². The van der Waals surface area contributed by atoms with Gasteiger partial charge in [-0.05, 0) is 0 Å². The molecule has 0 saturated carbocycles. The summed E-state index contributed by atoms with van der Waals surface area (Å²) in [5.74, 6) is -0.0417. The summed E-state index contributed by atoms with van der Waals surface area (Å²) in [5.41, 5.74) is 0. The molecule has 0 atom stereocenters. The Morgan fingerprint density at radius 1 is 0.846 bits per heavy atom. The Balaban J connectivity index is -0.0000000245. The monoisotopic (exact) mass is 463 g/mol. The van der Waals surface area contributed by atoms with Crippen molar-refractivity contribution in [3.05, 3.63) is 0 Å². The summed E-state index contributed by atoms with van der Waals surface area (Å²) in [4.78, 5) is 20.8. The number of ketones is 2. The van der Waals surface area contributed by atoms with Crippen LogP contribution >= 0.6 is 62.0 Å². The number of halogens is 5. The first-order chi connectivity index (χ1) is 3.55. The van der Waals surface area contributed by atoms with Gasteiger partial charge in [0, 0.05) is 0 Å². The Morgan fingerprint density at radius 3 is 1.00 bits per heavy atom. The molecule has 8 heteroatoms. The van der Waals surface area contributed by atoms with Gasteiger partial charge in [0.2, 0.25) is 0 Å². The SMILES string of the molecule is CC(=O)[CH]([W])C(C)=O.Cl.Cl.Cl.Cl.Cl. The van der Waals surface area contributed by atoms with Crippen molar-refractivity contribution < 1.29 is 29.4 Å². The standard InChI is InChI=1S/C5H7O2.5ClH.W/c1-4(6)3-5(2)7;;;;;;/h3H,1-2H3;5*1H;. The number of rotatable bonds is 2. The van der Waals surface area contributed by atoms with Crippen molar-refractivity contribution in [3.63, 3.8) is 0 Å². The molecule has 0 aliphatic carbocycles. The summed E-state index contributed by atoms with van der Waals surface area (Å²) in [7, 11) is 0. The van der Waals surface area contributed by atoms with E-state index in [-0.39, 0.29) is 77.9 Å². The molecule has 0 rings (SSSR count). The predicted molar refractivity (Wildman–Crippen MR) is 61.4 cm³/mol. The fourth-order valence-corrected chi connectivity index (χ4v) is 0.286. The van der Waals surface area contributed by atoms with Crippen molar-refractivity contribution in [2.75, 3.05) is 0 Å². The average Bonchev–Trinajstić information content (AvgIpc) is 1.64. The molecule has 0 fully saturated rings. The largest absolute Gasteiger partial charge is 0.147 e. The van der Waals surface area contributed by atoms with Gasteiger partial charge < -0.3 is 0 Å². The van der Waals surface area contributed by atoms with Crippen LogP contribution in [0.4, 0.5) is 0 Å². The maximum absolute atomic E-state index is 10.4. The van der Waals surface area contributed by atoms with Crippen LogP contribution in [0, 0.1) is 0 Å². The molecule has 0 aromatic heterocycles. The normalized spacial score (nSPS) is 5.77. The van der Waals surface area contributed by atoms with Crippen LogP contribution < -0.4 is 0 Å². The first kappa shape index (κ1) is 36.6. The second kappa shape index (κ2) is 19.1. The summed E-state index contributed by atoms with van der Waals surface area (Å²) in [6, 6.07) is 0. The van der Waals surface area contributed by atoms with Crippen molar-refractivity contribution in [3.8, 4) is 0 Å². The smallest absolute Gasteiger partial charge is 0.147 e. The molecule has 0 aromatic rings. The first-order valence-corrected chi connectivity index (χ1v) is 3.91. The number of Topliss-reactive ketones (excluding diaryl/α,β-unsaturated/α-hetero) is 2. The van der Waals surface area contributed by atoms with Crippen LogP contribution in [-0.4, -0.2) is 11.6 Å². The minimum atomic E-state index is -0.324. The molecular weight excluding hydrogens is 453 g/mol. The van der Waals surface area contributed by atoms with Gasteiger partial charge >= 0.3 is 59.1 Å². The molecule has 0 heterocycles. The molecule has 0 amide bonds. The van der Waals surface area contributed by atoms with E-state index in [1.54, 1.807) is 0 Å². The van der Waals surface area contributed by atoms with Gasteiger partial charge in [0.1, 0.15) is 0 Å².